The van der Waals surface area contributed by atoms with E-state index in [1.54, 1.807) is 24.3 Å². The van der Waals surface area contributed by atoms with Crippen LogP contribution in [0.2, 0.25) is 5.02 Å². The molecule has 2 aromatic rings. The third-order valence-electron chi connectivity index (χ3n) is 3.43. The SMILES string of the molecule is COc1cc(OC)c(NC(=O)c2cc(OC)c(Br)c(OC)c2)cc1Cl. The van der Waals surface area contributed by atoms with Crippen LogP contribution < -0.4 is 24.3 Å². The lowest BCUT2D eigenvalue weighted by Gasteiger charge is -2.14. The summed E-state index contributed by atoms with van der Waals surface area (Å²) in [7, 11) is 6.00. The lowest BCUT2D eigenvalue weighted by atomic mass is 10.1. The van der Waals surface area contributed by atoms with Crippen LogP contribution in [0, 0.1) is 0 Å². The van der Waals surface area contributed by atoms with E-state index in [9.17, 15) is 4.79 Å². The van der Waals surface area contributed by atoms with Gasteiger partial charge in [-0.2, -0.15) is 0 Å². The first-order valence-electron chi connectivity index (χ1n) is 7.09. The van der Waals surface area contributed by atoms with Gasteiger partial charge in [0, 0.05) is 11.6 Å². The molecule has 0 saturated carbocycles. The zero-order valence-corrected chi connectivity index (χ0v) is 16.4. The molecule has 0 spiro atoms. The van der Waals surface area contributed by atoms with Gasteiger partial charge in [-0.25, -0.2) is 0 Å². The van der Waals surface area contributed by atoms with E-state index < -0.39 is 0 Å². The second-order valence-corrected chi connectivity index (χ2v) is 6.04. The highest BCUT2D eigenvalue weighted by molar-refractivity contribution is 9.10. The Balaban J connectivity index is 2.39. The number of methoxy groups -OCH3 is 4. The molecule has 1 N–H and O–H groups in total. The molecule has 0 aliphatic carbocycles. The Hall–Kier alpha value is -2.12. The number of hydrogen-bond acceptors (Lipinski definition) is 5. The maximum atomic E-state index is 12.6. The van der Waals surface area contributed by atoms with Crippen molar-refractivity contribution in [2.45, 2.75) is 0 Å². The Morgan fingerprint density at radius 3 is 1.88 bits per heavy atom. The lowest BCUT2D eigenvalue weighted by Crippen LogP contribution is -2.13. The Morgan fingerprint density at radius 1 is 0.880 bits per heavy atom. The molecule has 0 bridgehead atoms. The molecule has 0 atom stereocenters. The number of halogens is 2. The van der Waals surface area contributed by atoms with Gasteiger partial charge in [-0.1, -0.05) is 11.6 Å². The van der Waals surface area contributed by atoms with Gasteiger partial charge in [-0.3, -0.25) is 4.79 Å². The molecule has 1 amide bonds. The van der Waals surface area contributed by atoms with Gasteiger partial charge in [0.1, 0.15) is 27.5 Å². The van der Waals surface area contributed by atoms with Crippen LogP contribution in [0.5, 0.6) is 23.0 Å². The molecule has 2 rings (SSSR count). The average Bonchev–Trinajstić information content (AvgIpc) is 2.62. The maximum Gasteiger partial charge on any atom is 0.256 e. The number of rotatable bonds is 6. The van der Waals surface area contributed by atoms with Crippen molar-refractivity contribution in [1.29, 1.82) is 0 Å². The first-order chi connectivity index (χ1) is 11.9. The lowest BCUT2D eigenvalue weighted by molar-refractivity contribution is 0.102. The number of nitrogens with one attached hydrogen (secondary N) is 1. The van der Waals surface area contributed by atoms with Crippen molar-refractivity contribution >= 4 is 39.1 Å². The van der Waals surface area contributed by atoms with Crippen LogP contribution in [0.1, 0.15) is 10.4 Å². The number of benzene rings is 2. The predicted molar refractivity (Wildman–Crippen MR) is 99.8 cm³/mol. The van der Waals surface area contributed by atoms with E-state index in [-0.39, 0.29) is 5.91 Å². The summed E-state index contributed by atoms with van der Waals surface area (Å²) in [6, 6.07) is 6.35. The first kappa shape index (κ1) is 19.2. The molecule has 0 heterocycles. The van der Waals surface area contributed by atoms with Crippen LogP contribution >= 0.6 is 27.5 Å². The van der Waals surface area contributed by atoms with E-state index in [0.29, 0.717) is 43.7 Å². The van der Waals surface area contributed by atoms with Gasteiger partial charge in [0.15, 0.2) is 0 Å². The largest absolute Gasteiger partial charge is 0.495 e. The molecule has 6 nitrogen and oxygen atoms in total. The zero-order valence-electron chi connectivity index (χ0n) is 14.1. The minimum absolute atomic E-state index is 0.351. The van der Waals surface area contributed by atoms with Crippen molar-refractivity contribution in [3.8, 4) is 23.0 Å². The first-order valence-corrected chi connectivity index (χ1v) is 8.26. The van der Waals surface area contributed by atoms with Gasteiger partial charge in [0.05, 0.1) is 39.1 Å². The summed E-state index contributed by atoms with van der Waals surface area (Å²) in [5.41, 5.74) is 0.769. The van der Waals surface area contributed by atoms with Crippen molar-refractivity contribution in [2.75, 3.05) is 33.8 Å². The molecular weight excluding hydrogens is 414 g/mol. The van der Waals surface area contributed by atoms with Gasteiger partial charge < -0.3 is 24.3 Å². The monoisotopic (exact) mass is 429 g/mol. The molecule has 0 aliphatic heterocycles. The third kappa shape index (κ3) is 4.11. The zero-order chi connectivity index (χ0) is 18.6. The third-order valence-corrected chi connectivity index (χ3v) is 4.51. The van der Waals surface area contributed by atoms with Crippen LogP contribution in [-0.4, -0.2) is 34.3 Å². The Bertz CT molecular complexity index is 772. The van der Waals surface area contributed by atoms with Crippen molar-refractivity contribution < 1.29 is 23.7 Å². The van der Waals surface area contributed by atoms with Gasteiger partial charge in [-0.15, -0.1) is 0 Å². The molecule has 0 unspecified atom stereocenters. The van der Waals surface area contributed by atoms with E-state index in [1.165, 1.54) is 28.4 Å². The number of carbonyl (C=O) groups is 1. The number of carbonyl (C=O) groups excluding carboxylic acids is 1. The maximum absolute atomic E-state index is 12.6. The average molecular weight is 431 g/mol. The van der Waals surface area contributed by atoms with E-state index in [0.717, 1.165) is 0 Å². The Labute approximate surface area is 159 Å². The summed E-state index contributed by atoms with van der Waals surface area (Å²) in [4.78, 5) is 12.6. The van der Waals surface area contributed by atoms with Crippen LogP contribution in [0.3, 0.4) is 0 Å². The molecule has 0 aromatic heterocycles. The van der Waals surface area contributed by atoms with Crippen molar-refractivity contribution in [3.05, 3.63) is 39.3 Å². The molecular formula is C17H17BrClNO5. The van der Waals surface area contributed by atoms with E-state index in [4.69, 9.17) is 30.5 Å². The van der Waals surface area contributed by atoms with Gasteiger partial charge in [-0.05, 0) is 34.1 Å². The fourth-order valence-electron chi connectivity index (χ4n) is 2.15. The quantitative estimate of drug-likeness (QED) is 0.736. The summed E-state index contributed by atoms with van der Waals surface area (Å²) >= 11 is 9.49. The van der Waals surface area contributed by atoms with E-state index in [2.05, 4.69) is 21.2 Å². The Morgan fingerprint density at radius 2 is 1.40 bits per heavy atom. The number of anilines is 1. The summed E-state index contributed by atoms with van der Waals surface area (Å²) in [6.07, 6.45) is 0. The molecule has 134 valence electrons. The molecule has 2 aromatic carbocycles. The fraction of sp³-hybridized carbons (Fsp3) is 0.235. The van der Waals surface area contributed by atoms with Crippen molar-refractivity contribution in [2.24, 2.45) is 0 Å². The smallest absolute Gasteiger partial charge is 0.256 e. The van der Waals surface area contributed by atoms with E-state index in [1.807, 2.05) is 0 Å². The molecule has 0 fully saturated rings. The summed E-state index contributed by atoms with van der Waals surface area (Å²) in [5.74, 6) is 1.45. The molecule has 0 aliphatic rings. The predicted octanol–water partition coefficient (Wildman–Crippen LogP) is 4.39. The highest BCUT2D eigenvalue weighted by Crippen LogP contribution is 2.38. The van der Waals surface area contributed by atoms with Gasteiger partial charge in [0.2, 0.25) is 0 Å². The summed E-state index contributed by atoms with van der Waals surface area (Å²) in [5, 5.41) is 3.11. The minimum Gasteiger partial charge on any atom is -0.495 e. The van der Waals surface area contributed by atoms with Crippen molar-refractivity contribution in [1.82, 2.24) is 0 Å². The highest BCUT2D eigenvalue weighted by atomic mass is 79.9. The fourth-order valence-corrected chi connectivity index (χ4v) is 2.95. The van der Waals surface area contributed by atoms with Crippen LogP contribution in [0.15, 0.2) is 28.7 Å². The highest BCUT2D eigenvalue weighted by Gasteiger charge is 2.17. The second kappa shape index (κ2) is 8.31. The standard InChI is InChI=1S/C17H17BrClNO5/c1-22-12-8-13(23-2)11(7-10(12)19)20-17(21)9-5-14(24-3)16(18)15(6-9)25-4/h5-8H,1-4H3,(H,20,21). The Kier molecular flexibility index (Phi) is 6.39. The second-order valence-electron chi connectivity index (χ2n) is 4.84. The topological polar surface area (TPSA) is 66.0 Å². The molecule has 0 radical (unpaired) electrons. The van der Waals surface area contributed by atoms with Gasteiger partial charge in [0.25, 0.3) is 5.91 Å². The van der Waals surface area contributed by atoms with Crippen LogP contribution in [0.25, 0.3) is 0 Å². The normalized spacial score (nSPS) is 10.2. The summed E-state index contributed by atoms with van der Waals surface area (Å²) < 4.78 is 21.6. The number of hydrogen-bond donors (Lipinski definition) is 1. The van der Waals surface area contributed by atoms with Gasteiger partial charge >= 0.3 is 0 Å². The molecule has 25 heavy (non-hydrogen) atoms. The number of ether oxygens (including phenoxy) is 4. The van der Waals surface area contributed by atoms with Crippen molar-refractivity contribution in [3.63, 3.8) is 0 Å². The molecule has 8 heteroatoms. The van der Waals surface area contributed by atoms with Crippen LogP contribution in [0.4, 0.5) is 5.69 Å². The van der Waals surface area contributed by atoms with Crippen LogP contribution in [-0.2, 0) is 0 Å². The minimum atomic E-state index is -0.372. The number of amides is 1. The summed E-state index contributed by atoms with van der Waals surface area (Å²) in [6.45, 7) is 0. The molecule has 0 saturated heterocycles. The van der Waals surface area contributed by atoms with E-state index >= 15 is 0 Å².